The monoisotopic (exact) mass is 319 g/mol. The second-order valence-corrected chi connectivity index (χ2v) is 5.33. The van der Waals surface area contributed by atoms with E-state index < -0.39 is 11.6 Å². The quantitative estimate of drug-likeness (QED) is 0.865. The summed E-state index contributed by atoms with van der Waals surface area (Å²) in [7, 11) is 0. The molecule has 1 fully saturated rings. The second kappa shape index (κ2) is 6.68. The van der Waals surface area contributed by atoms with Gasteiger partial charge in [-0.3, -0.25) is 4.79 Å². The highest BCUT2D eigenvalue weighted by Crippen LogP contribution is 2.18. The second-order valence-electron chi connectivity index (χ2n) is 5.33. The first-order valence-corrected chi connectivity index (χ1v) is 7.26. The van der Waals surface area contributed by atoms with E-state index in [4.69, 9.17) is 4.74 Å². The Bertz CT molecular complexity index is 697. The van der Waals surface area contributed by atoms with Crippen molar-refractivity contribution in [3.8, 4) is 5.88 Å². The average molecular weight is 319 g/mol. The van der Waals surface area contributed by atoms with Crippen molar-refractivity contribution in [3.05, 3.63) is 54.0 Å². The van der Waals surface area contributed by atoms with Crippen LogP contribution in [0.25, 0.3) is 0 Å². The Balaban J connectivity index is 1.57. The Morgan fingerprint density at radius 3 is 2.96 bits per heavy atom. The molecule has 1 aromatic heterocycles. The Morgan fingerprint density at radius 2 is 2.22 bits per heavy atom. The van der Waals surface area contributed by atoms with Crippen molar-refractivity contribution in [1.82, 2.24) is 14.9 Å². The highest BCUT2D eigenvalue weighted by molar-refractivity contribution is 5.79. The predicted molar refractivity (Wildman–Crippen MR) is 77.7 cm³/mol. The molecule has 0 spiro atoms. The fourth-order valence-electron chi connectivity index (χ4n) is 2.51. The van der Waals surface area contributed by atoms with Crippen LogP contribution >= 0.6 is 0 Å². The number of amides is 1. The molecule has 2 aromatic rings. The fraction of sp³-hybridized carbons (Fsp3) is 0.312. The maximum absolute atomic E-state index is 13.6. The van der Waals surface area contributed by atoms with Crippen molar-refractivity contribution in [1.29, 1.82) is 0 Å². The van der Waals surface area contributed by atoms with Gasteiger partial charge in [-0.25, -0.2) is 18.7 Å². The number of benzene rings is 1. The van der Waals surface area contributed by atoms with Gasteiger partial charge in [0.25, 0.3) is 0 Å². The summed E-state index contributed by atoms with van der Waals surface area (Å²) in [4.78, 5) is 21.6. The minimum atomic E-state index is -0.702. The molecule has 1 saturated heterocycles. The molecule has 0 bridgehead atoms. The van der Waals surface area contributed by atoms with E-state index in [9.17, 15) is 13.6 Å². The van der Waals surface area contributed by atoms with Crippen LogP contribution < -0.4 is 4.74 Å². The van der Waals surface area contributed by atoms with Crippen LogP contribution in [0.5, 0.6) is 5.88 Å². The Kier molecular flexibility index (Phi) is 4.45. The van der Waals surface area contributed by atoms with Crippen molar-refractivity contribution in [2.24, 2.45) is 0 Å². The lowest BCUT2D eigenvalue weighted by atomic mass is 10.1. The van der Waals surface area contributed by atoms with Gasteiger partial charge in [0, 0.05) is 31.3 Å². The maximum Gasteiger partial charge on any atom is 0.227 e. The van der Waals surface area contributed by atoms with Crippen LogP contribution in [0.3, 0.4) is 0 Å². The molecule has 1 aliphatic heterocycles. The number of nitrogens with zero attached hydrogens (tertiary/aromatic N) is 3. The van der Waals surface area contributed by atoms with E-state index >= 15 is 0 Å². The van der Waals surface area contributed by atoms with Crippen LogP contribution in [-0.4, -0.2) is 40.0 Å². The molecule has 0 aliphatic carbocycles. The molecule has 3 rings (SSSR count). The van der Waals surface area contributed by atoms with E-state index in [0.29, 0.717) is 25.4 Å². The normalized spacial score (nSPS) is 17.3. The third kappa shape index (κ3) is 3.80. The number of likely N-dealkylation sites (tertiary alicyclic amines) is 1. The van der Waals surface area contributed by atoms with Crippen molar-refractivity contribution in [3.63, 3.8) is 0 Å². The van der Waals surface area contributed by atoms with Gasteiger partial charge in [-0.2, -0.15) is 0 Å². The molecule has 2 heterocycles. The van der Waals surface area contributed by atoms with Crippen molar-refractivity contribution in [2.75, 3.05) is 13.1 Å². The van der Waals surface area contributed by atoms with Gasteiger partial charge in [-0.15, -0.1) is 0 Å². The summed E-state index contributed by atoms with van der Waals surface area (Å²) in [6.45, 7) is 0.961. The minimum absolute atomic E-state index is 0.0909. The molecular weight excluding hydrogens is 304 g/mol. The Labute approximate surface area is 131 Å². The van der Waals surface area contributed by atoms with E-state index in [0.717, 1.165) is 12.1 Å². The summed E-state index contributed by atoms with van der Waals surface area (Å²) in [6.07, 6.45) is 3.42. The van der Waals surface area contributed by atoms with Gasteiger partial charge >= 0.3 is 0 Å². The van der Waals surface area contributed by atoms with Gasteiger partial charge in [-0.1, -0.05) is 6.07 Å². The Morgan fingerprint density at radius 1 is 1.35 bits per heavy atom. The van der Waals surface area contributed by atoms with Gasteiger partial charge in [0.05, 0.1) is 13.0 Å². The molecule has 1 aromatic carbocycles. The third-order valence-corrected chi connectivity index (χ3v) is 3.70. The summed E-state index contributed by atoms with van der Waals surface area (Å²) in [5.41, 5.74) is 0.191. The topological polar surface area (TPSA) is 55.3 Å². The zero-order chi connectivity index (χ0) is 16.2. The number of halogens is 2. The van der Waals surface area contributed by atoms with E-state index in [1.807, 2.05) is 0 Å². The average Bonchev–Trinajstić information content (AvgIpc) is 3.00. The number of rotatable bonds is 4. The van der Waals surface area contributed by atoms with Gasteiger partial charge in [0.2, 0.25) is 11.8 Å². The van der Waals surface area contributed by atoms with Gasteiger partial charge in [-0.05, 0) is 11.6 Å². The molecule has 0 radical (unpaired) electrons. The molecule has 1 amide bonds. The summed E-state index contributed by atoms with van der Waals surface area (Å²) in [5, 5.41) is 0. The van der Waals surface area contributed by atoms with E-state index in [1.165, 1.54) is 12.4 Å². The molecule has 5 nitrogen and oxygen atoms in total. The minimum Gasteiger partial charge on any atom is -0.472 e. The Hall–Kier alpha value is -2.57. The zero-order valence-corrected chi connectivity index (χ0v) is 12.3. The van der Waals surface area contributed by atoms with Crippen LogP contribution in [0, 0.1) is 11.6 Å². The lowest BCUT2D eigenvalue weighted by molar-refractivity contribution is -0.129. The highest BCUT2D eigenvalue weighted by atomic mass is 19.1. The maximum atomic E-state index is 13.6. The lowest BCUT2D eigenvalue weighted by Gasteiger charge is -2.17. The van der Waals surface area contributed by atoms with Crippen LogP contribution in [0.2, 0.25) is 0 Å². The number of hydrogen-bond acceptors (Lipinski definition) is 4. The molecule has 1 unspecified atom stereocenters. The molecule has 23 heavy (non-hydrogen) atoms. The van der Waals surface area contributed by atoms with E-state index in [2.05, 4.69) is 9.97 Å². The van der Waals surface area contributed by atoms with Gasteiger partial charge < -0.3 is 9.64 Å². The van der Waals surface area contributed by atoms with Crippen LogP contribution in [-0.2, 0) is 11.2 Å². The molecule has 120 valence electrons. The number of carbonyl (C=O) groups is 1. The number of ether oxygens (including phenoxy) is 1. The summed E-state index contributed by atoms with van der Waals surface area (Å²) in [5.74, 6) is -1.10. The number of hydrogen-bond donors (Lipinski definition) is 0. The van der Waals surface area contributed by atoms with Gasteiger partial charge in [0.15, 0.2) is 0 Å². The lowest BCUT2D eigenvalue weighted by Crippen LogP contribution is -2.32. The molecule has 1 aliphatic rings. The predicted octanol–water partition coefficient (Wildman–Crippen LogP) is 1.98. The molecule has 1 atom stereocenters. The molecule has 7 heteroatoms. The summed E-state index contributed by atoms with van der Waals surface area (Å²) >= 11 is 0. The summed E-state index contributed by atoms with van der Waals surface area (Å²) in [6, 6.07) is 4.89. The van der Waals surface area contributed by atoms with Crippen LogP contribution in [0.4, 0.5) is 8.78 Å². The first-order valence-electron chi connectivity index (χ1n) is 7.26. The molecular formula is C16H15F2N3O2. The standard InChI is InChI=1S/C16H15F2N3O2/c17-12-2-1-11(14(18)8-12)7-16(22)21-6-4-13(9-21)23-15-3-5-19-10-20-15/h1-3,5,8,10,13H,4,6-7,9H2. The van der Waals surface area contributed by atoms with Crippen molar-refractivity contribution >= 4 is 5.91 Å². The summed E-state index contributed by atoms with van der Waals surface area (Å²) < 4.78 is 32.2. The molecule has 0 N–H and O–H groups in total. The van der Waals surface area contributed by atoms with Crippen molar-refractivity contribution in [2.45, 2.75) is 18.9 Å². The zero-order valence-electron chi connectivity index (χ0n) is 12.3. The SMILES string of the molecule is O=C(Cc1ccc(F)cc1F)N1CCC(Oc2ccncn2)C1. The number of aromatic nitrogens is 2. The van der Waals surface area contributed by atoms with E-state index in [-0.39, 0.29) is 24.0 Å². The van der Waals surface area contributed by atoms with Gasteiger partial charge in [0.1, 0.15) is 24.1 Å². The third-order valence-electron chi connectivity index (χ3n) is 3.70. The highest BCUT2D eigenvalue weighted by Gasteiger charge is 2.28. The first-order chi connectivity index (χ1) is 11.1. The van der Waals surface area contributed by atoms with E-state index in [1.54, 1.807) is 17.2 Å². The van der Waals surface area contributed by atoms with Crippen LogP contribution in [0.1, 0.15) is 12.0 Å². The first kappa shape index (κ1) is 15.3. The van der Waals surface area contributed by atoms with Crippen molar-refractivity contribution < 1.29 is 18.3 Å². The largest absolute Gasteiger partial charge is 0.472 e. The fourth-order valence-corrected chi connectivity index (χ4v) is 2.51. The van der Waals surface area contributed by atoms with Crippen LogP contribution in [0.15, 0.2) is 36.8 Å². The molecule has 0 saturated carbocycles. The number of carbonyl (C=O) groups excluding carboxylic acids is 1. The smallest absolute Gasteiger partial charge is 0.227 e.